The van der Waals surface area contributed by atoms with Gasteiger partial charge in [-0.15, -0.1) is 0 Å². The second-order valence-electron chi connectivity index (χ2n) is 13.4. The van der Waals surface area contributed by atoms with Crippen LogP contribution in [-0.4, -0.2) is 4.57 Å². The Bertz CT molecular complexity index is 2800. The number of nitrogens with zero attached hydrogens (tertiary/aromatic N) is 1. The third kappa shape index (κ3) is 5.19. The van der Waals surface area contributed by atoms with E-state index in [4.69, 9.17) is 0 Å². The molecule has 0 saturated heterocycles. The van der Waals surface area contributed by atoms with Gasteiger partial charge in [-0.3, -0.25) is 0 Å². The van der Waals surface area contributed by atoms with Crippen LogP contribution in [0.2, 0.25) is 0 Å². The van der Waals surface area contributed by atoms with Gasteiger partial charge in [-0.25, -0.2) is 0 Å². The van der Waals surface area contributed by atoms with E-state index in [1.807, 2.05) is 0 Å². The highest BCUT2D eigenvalue weighted by molar-refractivity contribution is 6.10. The van der Waals surface area contributed by atoms with Crippen molar-refractivity contribution in [1.29, 1.82) is 0 Å². The van der Waals surface area contributed by atoms with E-state index >= 15 is 0 Å². The number of fused-ring (bicyclic) bond motifs is 5. The van der Waals surface area contributed by atoms with Gasteiger partial charge >= 0.3 is 0 Å². The predicted octanol–water partition coefficient (Wildman–Crippen LogP) is 13.8. The molecule has 10 aromatic rings. The van der Waals surface area contributed by atoms with Crippen molar-refractivity contribution >= 4 is 43.4 Å². The molecule has 0 radical (unpaired) electrons. The molecule has 0 aliphatic rings. The van der Waals surface area contributed by atoms with Crippen molar-refractivity contribution in [2.24, 2.45) is 0 Å². The summed E-state index contributed by atoms with van der Waals surface area (Å²) in [6.07, 6.45) is 0. The van der Waals surface area contributed by atoms with E-state index in [2.05, 4.69) is 205 Å². The lowest BCUT2D eigenvalue weighted by molar-refractivity contribution is 1.18. The fraction of sp³-hybridized carbons (Fsp3) is 0. The zero-order chi connectivity index (χ0) is 33.7. The summed E-state index contributed by atoms with van der Waals surface area (Å²) in [4.78, 5) is 0. The van der Waals surface area contributed by atoms with Crippen molar-refractivity contribution in [3.05, 3.63) is 200 Å². The van der Waals surface area contributed by atoms with Crippen molar-refractivity contribution < 1.29 is 0 Å². The normalized spacial score (nSPS) is 11.5. The van der Waals surface area contributed by atoms with Gasteiger partial charge in [0.1, 0.15) is 0 Å². The van der Waals surface area contributed by atoms with Crippen LogP contribution in [0.3, 0.4) is 0 Å². The van der Waals surface area contributed by atoms with Crippen LogP contribution in [0, 0.1) is 0 Å². The van der Waals surface area contributed by atoms with E-state index in [0.717, 1.165) is 0 Å². The highest BCUT2D eigenvalue weighted by atomic mass is 15.0. The molecule has 9 aromatic carbocycles. The number of para-hydroxylation sites is 2. The molecular weight excluding hydrogens is 615 g/mol. The molecule has 0 aliphatic carbocycles. The lowest BCUT2D eigenvalue weighted by Crippen LogP contribution is -1.92. The Balaban J connectivity index is 1.07. The summed E-state index contributed by atoms with van der Waals surface area (Å²) in [5, 5.41) is 7.54. The summed E-state index contributed by atoms with van der Waals surface area (Å²) in [6, 6.07) is 73.1. The van der Waals surface area contributed by atoms with E-state index in [9.17, 15) is 0 Å². The molecule has 51 heavy (non-hydrogen) atoms. The van der Waals surface area contributed by atoms with Crippen LogP contribution in [0.1, 0.15) is 0 Å². The molecule has 0 aliphatic heterocycles. The minimum Gasteiger partial charge on any atom is -0.309 e. The van der Waals surface area contributed by atoms with Gasteiger partial charge in [0.25, 0.3) is 0 Å². The summed E-state index contributed by atoms with van der Waals surface area (Å²) < 4.78 is 2.37. The Hall–Kier alpha value is -6.70. The second kappa shape index (κ2) is 12.0. The van der Waals surface area contributed by atoms with Gasteiger partial charge in [0.05, 0.1) is 11.0 Å². The SMILES string of the molecule is c1ccc(-n2c3ccccc3c3cc(-c4ccc(-c5cc(-c6ccc7ccccc7c6)cc(-c6ccc7ccccc7c6)c5)cc4)ccc32)cc1. The molecule has 0 saturated carbocycles. The van der Waals surface area contributed by atoms with Gasteiger partial charge in [0, 0.05) is 16.5 Å². The van der Waals surface area contributed by atoms with Crippen LogP contribution in [0.5, 0.6) is 0 Å². The Morgan fingerprint density at radius 1 is 0.235 bits per heavy atom. The first kappa shape index (κ1) is 29.2. The summed E-state index contributed by atoms with van der Waals surface area (Å²) >= 11 is 0. The maximum atomic E-state index is 2.37. The number of hydrogen-bond acceptors (Lipinski definition) is 0. The summed E-state index contributed by atoms with van der Waals surface area (Å²) in [7, 11) is 0. The van der Waals surface area contributed by atoms with Crippen molar-refractivity contribution in [3.63, 3.8) is 0 Å². The first-order chi connectivity index (χ1) is 25.2. The molecule has 0 spiro atoms. The van der Waals surface area contributed by atoms with Crippen LogP contribution in [0.4, 0.5) is 0 Å². The molecule has 0 unspecified atom stereocenters. The van der Waals surface area contributed by atoms with E-state index in [1.165, 1.54) is 93.5 Å². The third-order valence-corrected chi connectivity index (χ3v) is 10.3. The molecule has 10 rings (SSSR count). The zero-order valence-electron chi connectivity index (χ0n) is 28.0. The molecular formula is C50H33N. The fourth-order valence-corrected chi connectivity index (χ4v) is 7.73. The Labute approximate surface area is 297 Å². The number of hydrogen-bond donors (Lipinski definition) is 0. The van der Waals surface area contributed by atoms with Gasteiger partial charge in [0.2, 0.25) is 0 Å². The maximum absolute atomic E-state index is 2.37. The number of aromatic nitrogens is 1. The smallest absolute Gasteiger partial charge is 0.0541 e. The van der Waals surface area contributed by atoms with Crippen molar-refractivity contribution in [2.75, 3.05) is 0 Å². The second-order valence-corrected chi connectivity index (χ2v) is 13.4. The minimum atomic E-state index is 1.18. The van der Waals surface area contributed by atoms with E-state index in [1.54, 1.807) is 0 Å². The molecule has 0 amide bonds. The lowest BCUT2D eigenvalue weighted by atomic mass is 9.91. The fourth-order valence-electron chi connectivity index (χ4n) is 7.73. The molecule has 1 heterocycles. The molecule has 0 bridgehead atoms. The molecule has 0 atom stereocenters. The largest absolute Gasteiger partial charge is 0.309 e. The van der Waals surface area contributed by atoms with E-state index < -0.39 is 0 Å². The van der Waals surface area contributed by atoms with Gasteiger partial charge in [-0.1, -0.05) is 140 Å². The van der Waals surface area contributed by atoms with Gasteiger partial charge in [-0.05, 0) is 127 Å². The van der Waals surface area contributed by atoms with E-state index in [-0.39, 0.29) is 0 Å². The van der Waals surface area contributed by atoms with Crippen molar-refractivity contribution in [2.45, 2.75) is 0 Å². The molecule has 1 heteroatoms. The summed E-state index contributed by atoms with van der Waals surface area (Å²) in [6.45, 7) is 0. The number of rotatable bonds is 5. The standard InChI is InChI=1S/C50H33N/c1-2-14-46(15-3-1)51-49-17-9-8-16-47(49)48-33-42(26-27-50(48)51)36-18-20-37(21-19-36)43-30-44(40-24-22-34-10-4-6-12-38(34)28-40)32-45(31-43)41-25-23-35-11-5-7-13-39(35)29-41/h1-33H. The summed E-state index contributed by atoms with van der Waals surface area (Å²) in [5.74, 6) is 0. The average Bonchev–Trinajstić information content (AvgIpc) is 3.54. The Morgan fingerprint density at radius 3 is 1.29 bits per heavy atom. The lowest BCUT2D eigenvalue weighted by Gasteiger charge is -2.13. The van der Waals surface area contributed by atoms with Crippen molar-refractivity contribution in [3.8, 4) is 50.2 Å². The van der Waals surface area contributed by atoms with E-state index in [0.29, 0.717) is 0 Å². The first-order valence-electron chi connectivity index (χ1n) is 17.6. The van der Waals surface area contributed by atoms with Crippen LogP contribution >= 0.6 is 0 Å². The summed E-state index contributed by atoms with van der Waals surface area (Å²) in [5.41, 5.74) is 13.3. The zero-order valence-corrected chi connectivity index (χ0v) is 28.0. The molecule has 0 fully saturated rings. The topological polar surface area (TPSA) is 4.93 Å². The quantitative estimate of drug-likeness (QED) is 0.175. The molecule has 0 N–H and O–H groups in total. The Morgan fingerprint density at radius 2 is 0.667 bits per heavy atom. The highest BCUT2D eigenvalue weighted by Crippen LogP contribution is 2.38. The van der Waals surface area contributed by atoms with Crippen LogP contribution in [0.25, 0.3) is 93.5 Å². The van der Waals surface area contributed by atoms with Crippen LogP contribution in [0.15, 0.2) is 200 Å². The van der Waals surface area contributed by atoms with Crippen molar-refractivity contribution in [1.82, 2.24) is 4.57 Å². The van der Waals surface area contributed by atoms with Crippen LogP contribution in [-0.2, 0) is 0 Å². The van der Waals surface area contributed by atoms with Gasteiger partial charge < -0.3 is 4.57 Å². The molecule has 1 aromatic heterocycles. The predicted molar refractivity (Wildman–Crippen MR) is 218 cm³/mol. The van der Waals surface area contributed by atoms with Gasteiger partial charge in [0.15, 0.2) is 0 Å². The minimum absolute atomic E-state index is 1.18. The third-order valence-electron chi connectivity index (χ3n) is 10.3. The first-order valence-corrected chi connectivity index (χ1v) is 17.6. The maximum Gasteiger partial charge on any atom is 0.0541 e. The van der Waals surface area contributed by atoms with Gasteiger partial charge in [-0.2, -0.15) is 0 Å². The Kier molecular flexibility index (Phi) is 6.89. The monoisotopic (exact) mass is 647 g/mol. The molecule has 1 nitrogen and oxygen atoms in total. The number of benzene rings is 9. The average molecular weight is 648 g/mol. The van der Waals surface area contributed by atoms with Crippen LogP contribution < -0.4 is 0 Å². The highest BCUT2D eigenvalue weighted by Gasteiger charge is 2.14. The molecule has 238 valence electrons.